The summed E-state index contributed by atoms with van der Waals surface area (Å²) in [6, 6.07) is 8.91. The van der Waals surface area contributed by atoms with Gasteiger partial charge in [-0.25, -0.2) is 0 Å². The molecular weight excluding hydrogens is 306 g/mol. The molecule has 0 saturated carbocycles. The van der Waals surface area contributed by atoms with E-state index in [2.05, 4.69) is 47.1 Å². The van der Waals surface area contributed by atoms with Crippen molar-refractivity contribution in [1.29, 1.82) is 0 Å². The molecular formula is C15H16BrNS. The molecule has 0 radical (unpaired) electrons. The van der Waals surface area contributed by atoms with E-state index in [9.17, 15) is 0 Å². The van der Waals surface area contributed by atoms with Gasteiger partial charge < -0.3 is 5.73 Å². The van der Waals surface area contributed by atoms with Crippen LogP contribution in [0.3, 0.4) is 0 Å². The molecule has 1 aromatic carbocycles. The molecule has 0 bridgehead atoms. The molecule has 1 heterocycles. The lowest BCUT2D eigenvalue weighted by Gasteiger charge is -2.11. The van der Waals surface area contributed by atoms with Crippen LogP contribution in [0, 0.1) is 6.92 Å². The quantitative estimate of drug-likeness (QED) is 0.874. The first kappa shape index (κ1) is 12.4. The molecule has 0 aliphatic heterocycles. The molecule has 1 atom stereocenters. The second-order valence-electron chi connectivity index (χ2n) is 4.91. The molecule has 0 amide bonds. The number of halogens is 1. The number of rotatable bonds is 2. The first-order valence-corrected chi connectivity index (χ1v) is 7.89. The van der Waals surface area contributed by atoms with Crippen molar-refractivity contribution in [2.75, 3.05) is 0 Å². The van der Waals surface area contributed by atoms with E-state index >= 15 is 0 Å². The number of hydrogen-bond donors (Lipinski definition) is 1. The van der Waals surface area contributed by atoms with E-state index in [4.69, 9.17) is 5.73 Å². The van der Waals surface area contributed by atoms with E-state index < -0.39 is 0 Å². The van der Waals surface area contributed by atoms with Crippen molar-refractivity contribution in [2.45, 2.75) is 32.2 Å². The fourth-order valence-corrected chi connectivity index (χ4v) is 4.18. The van der Waals surface area contributed by atoms with Crippen molar-refractivity contribution in [3.63, 3.8) is 0 Å². The standard InChI is InChI=1S/C15H16BrNS/c1-9-13(16)8-14(18-9)15(17)12-6-5-10-3-2-4-11(10)7-12/h5-8,15H,2-4,17H2,1H3. The van der Waals surface area contributed by atoms with Crippen LogP contribution in [0.25, 0.3) is 0 Å². The molecule has 2 aromatic rings. The highest BCUT2D eigenvalue weighted by molar-refractivity contribution is 9.10. The van der Waals surface area contributed by atoms with Gasteiger partial charge in [0.2, 0.25) is 0 Å². The maximum absolute atomic E-state index is 6.38. The number of benzene rings is 1. The second kappa shape index (κ2) is 4.80. The molecule has 0 saturated heterocycles. The Bertz CT molecular complexity index is 569. The Morgan fingerprint density at radius 1 is 1.22 bits per heavy atom. The molecule has 1 nitrogen and oxygen atoms in total. The highest BCUT2D eigenvalue weighted by atomic mass is 79.9. The molecule has 18 heavy (non-hydrogen) atoms. The average molecular weight is 322 g/mol. The molecule has 2 N–H and O–H groups in total. The Labute approximate surface area is 120 Å². The molecule has 1 aromatic heterocycles. The minimum absolute atomic E-state index is 0.00546. The Morgan fingerprint density at radius 3 is 2.72 bits per heavy atom. The van der Waals surface area contributed by atoms with Gasteiger partial charge in [0.1, 0.15) is 0 Å². The number of nitrogens with two attached hydrogens (primary N) is 1. The molecule has 1 aliphatic rings. The zero-order chi connectivity index (χ0) is 12.7. The third kappa shape index (κ3) is 2.15. The topological polar surface area (TPSA) is 26.0 Å². The number of thiophene rings is 1. The summed E-state index contributed by atoms with van der Waals surface area (Å²) in [5, 5.41) is 0. The lowest BCUT2D eigenvalue weighted by Crippen LogP contribution is -2.10. The maximum atomic E-state index is 6.38. The van der Waals surface area contributed by atoms with E-state index in [1.165, 1.54) is 50.2 Å². The SMILES string of the molecule is Cc1sc(C(N)c2ccc3c(c2)CCC3)cc1Br. The first-order chi connectivity index (χ1) is 8.65. The summed E-state index contributed by atoms with van der Waals surface area (Å²) in [5.74, 6) is 0. The predicted molar refractivity (Wildman–Crippen MR) is 81.3 cm³/mol. The Morgan fingerprint density at radius 2 is 2.00 bits per heavy atom. The minimum atomic E-state index is 0.00546. The molecule has 1 aliphatic carbocycles. The fraction of sp³-hybridized carbons (Fsp3) is 0.333. The third-order valence-corrected chi connectivity index (χ3v) is 5.88. The number of aryl methyl sites for hydroxylation is 3. The molecule has 3 rings (SSSR count). The molecule has 1 unspecified atom stereocenters. The van der Waals surface area contributed by atoms with Crippen LogP contribution in [0.4, 0.5) is 0 Å². The number of fused-ring (bicyclic) bond motifs is 1. The minimum Gasteiger partial charge on any atom is -0.320 e. The zero-order valence-electron chi connectivity index (χ0n) is 10.4. The lowest BCUT2D eigenvalue weighted by molar-refractivity contribution is 0.886. The third-order valence-electron chi connectivity index (χ3n) is 3.66. The average Bonchev–Trinajstić information content (AvgIpc) is 2.95. The van der Waals surface area contributed by atoms with Gasteiger partial charge in [0, 0.05) is 14.2 Å². The van der Waals surface area contributed by atoms with Crippen molar-refractivity contribution < 1.29 is 0 Å². The van der Waals surface area contributed by atoms with Crippen molar-refractivity contribution >= 4 is 27.3 Å². The predicted octanol–water partition coefficient (Wildman–Crippen LogP) is 4.36. The second-order valence-corrected chi connectivity index (χ2v) is 7.05. The van der Waals surface area contributed by atoms with Crippen LogP contribution >= 0.6 is 27.3 Å². The van der Waals surface area contributed by atoms with E-state index in [-0.39, 0.29) is 6.04 Å². The Balaban J connectivity index is 1.94. The van der Waals surface area contributed by atoms with Crippen LogP contribution < -0.4 is 5.73 Å². The van der Waals surface area contributed by atoms with Crippen LogP contribution in [-0.2, 0) is 12.8 Å². The van der Waals surface area contributed by atoms with Gasteiger partial charge >= 0.3 is 0 Å². The monoisotopic (exact) mass is 321 g/mol. The fourth-order valence-electron chi connectivity index (χ4n) is 2.58. The zero-order valence-corrected chi connectivity index (χ0v) is 12.8. The van der Waals surface area contributed by atoms with Crippen LogP contribution in [0.15, 0.2) is 28.7 Å². The molecule has 94 valence electrons. The van der Waals surface area contributed by atoms with Crippen molar-refractivity contribution in [1.82, 2.24) is 0 Å². The van der Waals surface area contributed by atoms with Gasteiger partial charge in [0.05, 0.1) is 6.04 Å². The summed E-state index contributed by atoms with van der Waals surface area (Å²) in [6.07, 6.45) is 3.73. The van der Waals surface area contributed by atoms with Gasteiger partial charge in [-0.05, 0) is 64.9 Å². The van der Waals surface area contributed by atoms with Crippen LogP contribution in [0.1, 0.15) is 38.9 Å². The van der Waals surface area contributed by atoms with Crippen molar-refractivity contribution in [3.05, 3.63) is 55.2 Å². The molecule has 3 heteroatoms. The largest absolute Gasteiger partial charge is 0.320 e. The van der Waals surface area contributed by atoms with Gasteiger partial charge in [-0.3, -0.25) is 0 Å². The summed E-state index contributed by atoms with van der Waals surface area (Å²) in [5.41, 5.74) is 10.6. The van der Waals surface area contributed by atoms with Crippen molar-refractivity contribution in [3.8, 4) is 0 Å². The van der Waals surface area contributed by atoms with Crippen LogP contribution in [0.5, 0.6) is 0 Å². The number of hydrogen-bond acceptors (Lipinski definition) is 2. The highest BCUT2D eigenvalue weighted by Gasteiger charge is 2.16. The van der Waals surface area contributed by atoms with Gasteiger partial charge in [0.25, 0.3) is 0 Å². The Hall–Kier alpha value is -0.640. The van der Waals surface area contributed by atoms with Gasteiger partial charge in [-0.2, -0.15) is 0 Å². The van der Waals surface area contributed by atoms with E-state index in [1.54, 1.807) is 11.3 Å². The summed E-state index contributed by atoms with van der Waals surface area (Å²) >= 11 is 5.34. The molecule has 0 spiro atoms. The summed E-state index contributed by atoms with van der Waals surface area (Å²) < 4.78 is 1.17. The molecule has 0 fully saturated rings. The summed E-state index contributed by atoms with van der Waals surface area (Å²) in [4.78, 5) is 2.53. The summed E-state index contributed by atoms with van der Waals surface area (Å²) in [7, 11) is 0. The first-order valence-electron chi connectivity index (χ1n) is 6.28. The normalized spacial score (nSPS) is 15.7. The highest BCUT2D eigenvalue weighted by Crippen LogP contribution is 2.34. The van der Waals surface area contributed by atoms with E-state index in [1.807, 2.05) is 0 Å². The summed E-state index contributed by atoms with van der Waals surface area (Å²) in [6.45, 7) is 2.12. The lowest BCUT2D eigenvalue weighted by atomic mass is 10.0. The van der Waals surface area contributed by atoms with Gasteiger partial charge in [-0.1, -0.05) is 18.2 Å². The van der Waals surface area contributed by atoms with Gasteiger partial charge in [-0.15, -0.1) is 11.3 Å². The Kier molecular flexibility index (Phi) is 3.31. The maximum Gasteiger partial charge on any atom is 0.0646 e. The van der Waals surface area contributed by atoms with E-state index in [0.717, 1.165) is 0 Å². The van der Waals surface area contributed by atoms with Gasteiger partial charge in [0.15, 0.2) is 0 Å². The van der Waals surface area contributed by atoms with E-state index in [0.29, 0.717) is 0 Å². The van der Waals surface area contributed by atoms with Crippen LogP contribution in [-0.4, -0.2) is 0 Å². The van der Waals surface area contributed by atoms with Crippen molar-refractivity contribution in [2.24, 2.45) is 5.73 Å². The van der Waals surface area contributed by atoms with Crippen LogP contribution in [0.2, 0.25) is 0 Å². The smallest absolute Gasteiger partial charge is 0.0646 e.